The first kappa shape index (κ1) is 42.8. The summed E-state index contributed by atoms with van der Waals surface area (Å²) in [5.74, 6) is 6.73. The van der Waals surface area contributed by atoms with E-state index in [4.69, 9.17) is 0 Å². The maximum atomic E-state index is 2.81. The van der Waals surface area contributed by atoms with Gasteiger partial charge in [0.15, 0.2) is 0 Å². The lowest BCUT2D eigenvalue weighted by molar-refractivity contribution is -0.212. The maximum Gasteiger partial charge on any atom is 0.252 e. The molecule has 8 bridgehead atoms. The minimum absolute atomic E-state index is 0.0110. The van der Waals surface area contributed by atoms with Gasteiger partial charge < -0.3 is 9.80 Å². The van der Waals surface area contributed by atoms with E-state index in [1.807, 2.05) is 0 Å². The Bertz CT molecular complexity index is 2830. The zero-order chi connectivity index (χ0) is 46.7. The molecule has 8 aliphatic carbocycles. The molecule has 10 aliphatic rings. The Morgan fingerprint density at radius 1 is 0.448 bits per heavy atom. The molecular weight excluding hydrogens is 808 g/mol. The van der Waals surface area contributed by atoms with Gasteiger partial charge in [-0.1, -0.05) is 132 Å². The Morgan fingerprint density at radius 3 is 1.36 bits per heavy atom. The zero-order valence-electron chi connectivity index (χ0n) is 43.3. The van der Waals surface area contributed by atoms with Crippen LogP contribution in [0.25, 0.3) is 0 Å². The van der Waals surface area contributed by atoms with Gasteiger partial charge in [-0.3, -0.25) is 0 Å². The highest BCUT2D eigenvalue weighted by molar-refractivity contribution is 7.00. The average Bonchev–Trinajstić information content (AvgIpc) is 3.28. The molecule has 5 aromatic rings. The minimum Gasteiger partial charge on any atom is -0.311 e. The van der Waals surface area contributed by atoms with Gasteiger partial charge in [0.05, 0.1) is 0 Å². The number of rotatable bonds is 3. The first-order chi connectivity index (χ1) is 31.5. The van der Waals surface area contributed by atoms with Crippen LogP contribution in [0.5, 0.6) is 0 Å². The van der Waals surface area contributed by atoms with Crippen molar-refractivity contribution in [3.05, 3.63) is 124 Å². The van der Waals surface area contributed by atoms with Crippen molar-refractivity contribution in [2.45, 2.75) is 174 Å². The van der Waals surface area contributed by atoms with Crippen molar-refractivity contribution in [1.29, 1.82) is 0 Å². The third kappa shape index (κ3) is 6.06. The average molecular weight is 885 g/mol. The highest BCUT2D eigenvalue weighted by atomic mass is 15.2. The van der Waals surface area contributed by atoms with Crippen molar-refractivity contribution in [3.63, 3.8) is 0 Å². The van der Waals surface area contributed by atoms with E-state index in [0.717, 1.165) is 41.4 Å². The second-order valence-corrected chi connectivity index (χ2v) is 28.3. The van der Waals surface area contributed by atoms with Crippen LogP contribution in [0, 0.1) is 41.4 Å². The van der Waals surface area contributed by atoms with Crippen LogP contribution in [0.1, 0.15) is 175 Å². The largest absolute Gasteiger partial charge is 0.311 e. The molecular formula is C64H77BN2. The molecule has 0 N–H and O–H groups in total. The van der Waals surface area contributed by atoms with E-state index in [1.54, 1.807) is 5.56 Å². The number of hydrogen-bond acceptors (Lipinski definition) is 2. The van der Waals surface area contributed by atoms with E-state index in [-0.39, 0.29) is 39.2 Å². The van der Waals surface area contributed by atoms with Crippen LogP contribution in [-0.4, -0.2) is 6.71 Å². The molecule has 67 heavy (non-hydrogen) atoms. The number of hydrogen-bond donors (Lipinski definition) is 0. The topological polar surface area (TPSA) is 6.48 Å². The Kier molecular flexibility index (Phi) is 8.66. The van der Waals surface area contributed by atoms with Crippen LogP contribution in [-0.2, 0) is 32.5 Å². The van der Waals surface area contributed by atoms with Gasteiger partial charge in [-0.2, -0.15) is 0 Å². The summed E-state index contributed by atoms with van der Waals surface area (Å²) < 4.78 is 0. The molecule has 0 radical (unpaired) electrons. The van der Waals surface area contributed by atoms with Crippen LogP contribution < -0.4 is 26.2 Å². The maximum absolute atomic E-state index is 2.81. The van der Waals surface area contributed by atoms with E-state index >= 15 is 0 Å². The first-order valence-corrected chi connectivity index (χ1v) is 26.8. The molecule has 2 aliphatic heterocycles. The summed E-state index contributed by atoms with van der Waals surface area (Å²) in [5, 5.41) is 0. The quantitative estimate of drug-likeness (QED) is 0.163. The molecule has 0 amide bonds. The smallest absolute Gasteiger partial charge is 0.252 e. The molecule has 0 aromatic heterocycles. The molecule has 2 nitrogen and oxygen atoms in total. The monoisotopic (exact) mass is 885 g/mol. The molecule has 7 fully saturated rings. The number of benzene rings is 5. The third-order valence-electron chi connectivity index (χ3n) is 20.5. The lowest BCUT2D eigenvalue weighted by Crippen LogP contribution is -2.66. The summed E-state index contributed by atoms with van der Waals surface area (Å²) in [7, 11) is 0. The van der Waals surface area contributed by atoms with E-state index in [1.165, 1.54) is 130 Å². The Labute approximate surface area is 404 Å². The highest BCUT2D eigenvalue weighted by Gasteiger charge is 2.67. The second kappa shape index (κ2) is 13.5. The Morgan fingerprint density at radius 2 is 0.881 bits per heavy atom. The molecule has 15 rings (SSSR count). The van der Waals surface area contributed by atoms with Crippen molar-refractivity contribution < 1.29 is 0 Å². The van der Waals surface area contributed by atoms with E-state index in [2.05, 4.69) is 191 Å². The molecule has 0 atom stereocenters. The molecule has 5 aromatic carbocycles. The summed E-state index contributed by atoms with van der Waals surface area (Å²) in [6, 6.07) is 38.2. The molecule has 0 spiro atoms. The predicted molar refractivity (Wildman–Crippen MR) is 286 cm³/mol. The Hall–Kier alpha value is -4.24. The lowest BCUT2D eigenvalue weighted by atomic mass is 9.31. The van der Waals surface area contributed by atoms with Gasteiger partial charge in [-0.15, -0.1) is 0 Å². The van der Waals surface area contributed by atoms with Gasteiger partial charge in [0, 0.05) is 34.1 Å². The molecule has 346 valence electrons. The van der Waals surface area contributed by atoms with Gasteiger partial charge in [0.1, 0.15) is 0 Å². The number of fused-ring (bicyclic) bond motifs is 5. The van der Waals surface area contributed by atoms with Crippen LogP contribution in [0.15, 0.2) is 91.0 Å². The van der Waals surface area contributed by atoms with Gasteiger partial charge >= 0.3 is 0 Å². The first-order valence-electron chi connectivity index (χ1n) is 26.8. The van der Waals surface area contributed by atoms with Crippen LogP contribution >= 0.6 is 0 Å². The van der Waals surface area contributed by atoms with Crippen molar-refractivity contribution in [3.8, 4) is 0 Å². The standard InChI is InChI=1S/C64H77BN2/c1-59(2,3)38-14-18-42(19-15-38)66-54-22-16-39(60(4,5)6)29-52(54)65-53-30-40(61(7,8)9)17-23-55(53)67(43-20-21-50-51(33-43)63(12,13)25-24-62(50,10)11)57-32-41(31-56(66)58(57)65)64-34-47-44-26-37-27-45(47)49(36-64)46(28-37)48(44)35-64/h14-23,29-33,37,44-49H,24-28,34-36H2,1-13H3. The highest BCUT2D eigenvalue weighted by Crippen LogP contribution is 2.74. The number of nitrogens with zero attached hydrogens (tertiary/aromatic N) is 2. The fraction of sp³-hybridized carbons (Fsp3) is 0.531. The molecule has 0 saturated heterocycles. The lowest BCUT2D eigenvalue weighted by Gasteiger charge is -2.72. The summed E-state index contributed by atoms with van der Waals surface area (Å²) in [5.41, 5.74) is 22.0. The summed E-state index contributed by atoms with van der Waals surface area (Å²) in [6.07, 6.45) is 11.2. The van der Waals surface area contributed by atoms with E-state index < -0.39 is 0 Å². The van der Waals surface area contributed by atoms with Gasteiger partial charge in [-0.25, -0.2) is 0 Å². The van der Waals surface area contributed by atoms with Crippen LogP contribution in [0.2, 0.25) is 0 Å². The van der Waals surface area contributed by atoms with Gasteiger partial charge in [0.2, 0.25) is 0 Å². The van der Waals surface area contributed by atoms with Crippen molar-refractivity contribution in [2.24, 2.45) is 41.4 Å². The van der Waals surface area contributed by atoms with Crippen molar-refractivity contribution >= 4 is 57.2 Å². The van der Waals surface area contributed by atoms with Crippen LogP contribution in [0.4, 0.5) is 34.1 Å². The van der Waals surface area contributed by atoms with E-state index in [0.29, 0.717) is 0 Å². The fourth-order valence-corrected chi connectivity index (χ4v) is 16.9. The van der Waals surface area contributed by atoms with Crippen LogP contribution in [0.3, 0.4) is 0 Å². The fourth-order valence-electron chi connectivity index (χ4n) is 16.9. The predicted octanol–water partition coefficient (Wildman–Crippen LogP) is 15.0. The normalized spacial score (nSPS) is 30.0. The SMILES string of the molecule is CC(C)(C)c1ccc(N2c3ccc(C(C)(C)C)cc3B3c4cc(C(C)(C)C)ccc4N(c4ccc5c(c4)C(C)(C)CCC5(C)C)c4cc(C56CC7C8CC9CC7C(C5)C(C9)C8C6)cc2c43)cc1. The van der Waals surface area contributed by atoms with Crippen molar-refractivity contribution in [2.75, 3.05) is 9.80 Å². The van der Waals surface area contributed by atoms with E-state index in [9.17, 15) is 0 Å². The Balaban J connectivity index is 1.12. The molecule has 7 saturated carbocycles. The van der Waals surface area contributed by atoms with Gasteiger partial charge in [-0.05, 0) is 224 Å². The molecule has 0 unspecified atom stereocenters. The zero-order valence-corrected chi connectivity index (χ0v) is 43.3. The minimum atomic E-state index is 0.0110. The molecule has 2 heterocycles. The summed E-state index contributed by atoms with van der Waals surface area (Å²) in [6.45, 7) is 31.5. The third-order valence-corrected chi connectivity index (χ3v) is 20.5. The van der Waals surface area contributed by atoms with Gasteiger partial charge in [0.25, 0.3) is 6.71 Å². The molecule has 3 heteroatoms. The summed E-state index contributed by atoms with van der Waals surface area (Å²) >= 11 is 0. The second-order valence-electron chi connectivity index (χ2n) is 28.3. The summed E-state index contributed by atoms with van der Waals surface area (Å²) in [4.78, 5) is 5.51. The van der Waals surface area contributed by atoms with Crippen molar-refractivity contribution in [1.82, 2.24) is 0 Å². The number of anilines is 6.